The number of aliphatic carboxylic acids is 1. The van der Waals surface area contributed by atoms with E-state index in [1.807, 2.05) is 0 Å². The lowest BCUT2D eigenvalue weighted by molar-refractivity contribution is -0.387. The summed E-state index contributed by atoms with van der Waals surface area (Å²) >= 11 is 2.19. The summed E-state index contributed by atoms with van der Waals surface area (Å²) in [4.78, 5) is 25.0. The van der Waals surface area contributed by atoms with Crippen LogP contribution in [0.25, 0.3) is 0 Å². The molecule has 0 aliphatic carbocycles. The molecule has 0 aliphatic rings. The summed E-state index contributed by atoms with van der Waals surface area (Å²) < 4.78 is 13.5. The molecule has 1 N–H and O–H groups in total. The number of benzene rings is 1. The summed E-state index contributed by atoms with van der Waals surface area (Å²) in [7, 11) is 0. The van der Waals surface area contributed by atoms with Crippen molar-refractivity contribution in [3.05, 3.63) is 45.2 Å². The number of carbonyl (C=O) groups is 1. The molecule has 2 rings (SSSR count). The van der Waals surface area contributed by atoms with Gasteiger partial charge in [0.05, 0.1) is 28.0 Å². The van der Waals surface area contributed by atoms with Crippen molar-refractivity contribution in [3.63, 3.8) is 0 Å². The minimum absolute atomic E-state index is 0.206. The molecular formula is C11H7FN2O4S2. The second-order valence-corrected chi connectivity index (χ2v) is 5.79. The molecule has 20 heavy (non-hydrogen) atoms. The monoisotopic (exact) mass is 314 g/mol. The van der Waals surface area contributed by atoms with Gasteiger partial charge >= 0.3 is 5.97 Å². The van der Waals surface area contributed by atoms with Crippen LogP contribution in [0.3, 0.4) is 0 Å². The van der Waals surface area contributed by atoms with E-state index in [4.69, 9.17) is 5.11 Å². The van der Waals surface area contributed by atoms with Crippen LogP contribution in [-0.4, -0.2) is 21.0 Å². The van der Waals surface area contributed by atoms with E-state index in [1.165, 1.54) is 17.4 Å². The highest BCUT2D eigenvalue weighted by Crippen LogP contribution is 2.36. The van der Waals surface area contributed by atoms with Gasteiger partial charge in [-0.1, -0.05) is 11.8 Å². The zero-order valence-electron chi connectivity index (χ0n) is 9.78. The molecular weight excluding hydrogens is 307 g/mol. The number of halogens is 1. The van der Waals surface area contributed by atoms with E-state index in [-0.39, 0.29) is 17.0 Å². The summed E-state index contributed by atoms with van der Waals surface area (Å²) in [6, 6.07) is 3.27. The number of thiazole rings is 1. The SMILES string of the molecule is O=C(O)Cc1csc(Sc2ccc(F)cc2[N+](=O)[O-])n1. The van der Waals surface area contributed by atoms with Gasteiger partial charge in [0.1, 0.15) is 5.82 Å². The fourth-order valence-corrected chi connectivity index (χ4v) is 3.26. The van der Waals surface area contributed by atoms with Crippen LogP contribution in [0.4, 0.5) is 10.1 Å². The lowest BCUT2D eigenvalue weighted by atomic mass is 10.3. The number of nitro benzene ring substituents is 1. The van der Waals surface area contributed by atoms with E-state index in [9.17, 15) is 19.3 Å². The van der Waals surface area contributed by atoms with Gasteiger partial charge in [0.25, 0.3) is 5.69 Å². The molecule has 0 spiro atoms. The molecule has 0 aliphatic heterocycles. The summed E-state index contributed by atoms with van der Waals surface area (Å²) in [5.74, 6) is -1.69. The second kappa shape index (κ2) is 5.97. The molecule has 0 saturated heterocycles. The standard InChI is InChI=1S/C11H7FN2O4S2/c12-6-1-2-9(8(3-6)14(17)18)20-11-13-7(5-19-11)4-10(15)16/h1-3,5H,4H2,(H,15,16). The summed E-state index contributed by atoms with van der Waals surface area (Å²) in [5, 5.41) is 21.1. The zero-order chi connectivity index (χ0) is 14.7. The Labute approximate surface area is 120 Å². The van der Waals surface area contributed by atoms with Crippen molar-refractivity contribution in [1.29, 1.82) is 0 Å². The van der Waals surface area contributed by atoms with Gasteiger partial charge in [0.15, 0.2) is 4.34 Å². The first-order chi connectivity index (χ1) is 9.45. The Kier molecular flexibility index (Phi) is 4.30. The van der Waals surface area contributed by atoms with E-state index < -0.39 is 16.7 Å². The van der Waals surface area contributed by atoms with Crippen LogP contribution in [0.5, 0.6) is 0 Å². The van der Waals surface area contributed by atoms with Crippen LogP contribution < -0.4 is 0 Å². The highest BCUT2D eigenvalue weighted by Gasteiger charge is 2.17. The molecule has 2 aromatic rings. The highest BCUT2D eigenvalue weighted by atomic mass is 32.2. The fourth-order valence-electron chi connectivity index (χ4n) is 1.38. The van der Waals surface area contributed by atoms with Crippen molar-refractivity contribution in [3.8, 4) is 0 Å². The zero-order valence-corrected chi connectivity index (χ0v) is 11.4. The first kappa shape index (κ1) is 14.4. The molecule has 9 heteroatoms. The number of carboxylic acids is 1. The van der Waals surface area contributed by atoms with Crippen LogP contribution in [0.2, 0.25) is 0 Å². The molecule has 0 atom stereocenters. The number of nitrogens with zero attached hydrogens (tertiary/aromatic N) is 2. The minimum Gasteiger partial charge on any atom is -0.481 e. The third kappa shape index (κ3) is 3.52. The summed E-state index contributed by atoms with van der Waals surface area (Å²) in [6.45, 7) is 0. The van der Waals surface area contributed by atoms with E-state index in [0.717, 1.165) is 23.9 Å². The van der Waals surface area contributed by atoms with Gasteiger partial charge < -0.3 is 5.11 Å². The van der Waals surface area contributed by atoms with Crippen molar-refractivity contribution >= 4 is 34.8 Å². The van der Waals surface area contributed by atoms with Gasteiger partial charge in [0, 0.05) is 5.38 Å². The van der Waals surface area contributed by atoms with E-state index in [1.54, 1.807) is 5.38 Å². The minimum atomic E-state index is -1.00. The molecule has 0 fully saturated rings. The number of hydrogen-bond acceptors (Lipinski definition) is 6. The van der Waals surface area contributed by atoms with Crippen LogP contribution in [-0.2, 0) is 11.2 Å². The summed E-state index contributed by atoms with van der Waals surface area (Å²) in [5.41, 5.74) is 0.0414. The summed E-state index contributed by atoms with van der Waals surface area (Å²) in [6.07, 6.45) is -0.206. The van der Waals surface area contributed by atoms with Crippen molar-refractivity contribution in [2.24, 2.45) is 0 Å². The normalized spacial score (nSPS) is 10.4. The van der Waals surface area contributed by atoms with Gasteiger partial charge in [-0.15, -0.1) is 11.3 Å². The Hall–Kier alpha value is -2.00. The molecule has 104 valence electrons. The number of aromatic nitrogens is 1. The number of rotatable bonds is 5. The Balaban J connectivity index is 2.23. The van der Waals surface area contributed by atoms with Gasteiger partial charge in [-0.25, -0.2) is 9.37 Å². The predicted molar refractivity (Wildman–Crippen MR) is 70.6 cm³/mol. The predicted octanol–water partition coefficient (Wildman–Crippen LogP) is 2.97. The molecule has 1 heterocycles. The van der Waals surface area contributed by atoms with Crippen LogP contribution in [0, 0.1) is 15.9 Å². The number of carboxylic acid groups (broad SMARTS) is 1. The van der Waals surface area contributed by atoms with Gasteiger partial charge in [0.2, 0.25) is 0 Å². The topological polar surface area (TPSA) is 93.3 Å². The highest BCUT2D eigenvalue weighted by molar-refractivity contribution is 8.01. The molecule has 0 amide bonds. The number of nitro groups is 1. The van der Waals surface area contributed by atoms with Gasteiger partial charge in [-0.3, -0.25) is 14.9 Å². The average molecular weight is 314 g/mol. The van der Waals surface area contributed by atoms with Crippen molar-refractivity contribution < 1.29 is 19.2 Å². The Morgan fingerprint density at radius 1 is 1.55 bits per heavy atom. The van der Waals surface area contributed by atoms with E-state index >= 15 is 0 Å². The third-order valence-corrected chi connectivity index (χ3v) is 4.23. The maximum atomic E-state index is 13.0. The van der Waals surface area contributed by atoms with Crippen LogP contribution in [0.15, 0.2) is 32.8 Å². The molecule has 0 radical (unpaired) electrons. The maximum absolute atomic E-state index is 13.0. The lowest BCUT2D eigenvalue weighted by Crippen LogP contribution is -1.99. The largest absolute Gasteiger partial charge is 0.481 e. The Bertz CT molecular complexity index is 674. The maximum Gasteiger partial charge on any atom is 0.309 e. The Morgan fingerprint density at radius 3 is 2.95 bits per heavy atom. The average Bonchev–Trinajstić information content (AvgIpc) is 2.77. The molecule has 0 bridgehead atoms. The molecule has 0 saturated carbocycles. The smallest absolute Gasteiger partial charge is 0.309 e. The van der Waals surface area contributed by atoms with Crippen LogP contribution in [0.1, 0.15) is 5.69 Å². The Morgan fingerprint density at radius 2 is 2.30 bits per heavy atom. The first-order valence-corrected chi connectivity index (χ1v) is 6.93. The lowest BCUT2D eigenvalue weighted by Gasteiger charge is -2.00. The first-order valence-electron chi connectivity index (χ1n) is 5.23. The van der Waals surface area contributed by atoms with Gasteiger partial charge in [-0.2, -0.15) is 0 Å². The van der Waals surface area contributed by atoms with Crippen LogP contribution >= 0.6 is 23.1 Å². The van der Waals surface area contributed by atoms with Crippen molar-refractivity contribution in [1.82, 2.24) is 4.98 Å². The molecule has 1 aromatic heterocycles. The molecule has 6 nitrogen and oxygen atoms in total. The molecule has 1 aromatic carbocycles. The van der Waals surface area contributed by atoms with E-state index in [2.05, 4.69) is 4.98 Å². The second-order valence-electron chi connectivity index (χ2n) is 3.65. The van der Waals surface area contributed by atoms with Crippen molar-refractivity contribution in [2.75, 3.05) is 0 Å². The van der Waals surface area contributed by atoms with Gasteiger partial charge in [-0.05, 0) is 12.1 Å². The fraction of sp³-hybridized carbons (Fsp3) is 0.0909. The van der Waals surface area contributed by atoms with Crippen molar-refractivity contribution in [2.45, 2.75) is 15.7 Å². The molecule has 0 unspecified atom stereocenters. The van der Waals surface area contributed by atoms with E-state index in [0.29, 0.717) is 10.0 Å². The number of hydrogen-bond donors (Lipinski definition) is 1. The quantitative estimate of drug-likeness (QED) is 0.673. The third-order valence-electron chi connectivity index (χ3n) is 2.18.